The standard InChI is InChI=1S/C21H42/c1-4-6-8-10-11-12-13-14-16-18-20-21(3)19-17-15-9-7-5-2/h5,7,21H,4,6,8-20H2,1-3H3. The van der Waals surface area contributed by atoms with Gasteiger partial charge in [-0.2, -0.15) is 0 Å². The number of rotatable bonds is 16. The number of unbranched alkanes of at least 4 members (excludes halogenated alkanes) is 11. The van der Waals surface area contributed by atoms with Gasteiger partial charge in [-0.05, 0) is 25.7 Å². The summed E-state index contributed by atoms with van der Waals surface area (Å²) in [4.78, 5) is 0. The first-order valence-electron chi connectivity index (χ1n) is 9.92. The van der Waals surface area contributed by atoms with Gasteiger partial charge >= 0.3 is 0 Å². The van der Waals surface area contributed by atoms with Crippen LogP contribution in [0, 0.1) is 5.92 Å². The second-order valence-electron chi connectivity index (χ2n) is 6.93. The SMILES string of the molecule is CC=CCCCCC(C)CCCCCCCCCCCC. The van der Waals surface area contributed by atoms with Gasteiger partial charge in [0.2, 0.25) is 0 Å². The van der Waals surface area contributed by atoms with Crippen LogP contribution in [0.3, 0.4) is 0 Å². The molecule has 0 saturated heterocycles. The van der Waals surface area contributed by atoms with Crippen LogP contribution in [-0.4, -0.2) is 0 Å². The lowest BCUT2D eigenvalue weighted by Gasteiger charge is -2.10. The van der Waals surface area contributed by atoms with Crippen molar-refractivity contribution in [2.24, 2.45) is 5.92 Å². The molecule has 0 fully saturated rings. The molecule has 0 aliphatic rings. The van der Waals surface area contributed by atoms with E-state index in [1.54, 1.807) is 0 Å². The molecule has 0 amide bonds. The first-order valence-corrected chi connectivity index (χ1v) is 9.92. The lowest BCUT2D eigenvalue weighted by Crippen LogP contribution is -1.95. The molecule has 0 aliphatic heterocycles. The molecule has 0 saturated carbocycles. The molecule has 0 nitrogen and oxygen atoms in total. The van der Waals surface area contributed by atoms with Crippen molar-refractivity contribution in [2.45, 2.75) is 117 Å². The molecule has 0 aliphatic carbocycles. The van der Waals surface area contributed by atoms with Crippen molar-refractivity contribution in [1.29, 1.82) is 0 Å². The molecule has 21 heavy (non-hydrogen) atoms. The topological polar surface area (TPSA) is 0 Å². The van der Waals surface area contributed by atoms with Crippen LogP contribution < -0.4 is 0 Å². The van der Waals surface area contributed by atoms with E-state index in [9.17, 15) is 0 Å². The van der Waals surface area contributed by atoms with Gasteiger partial charge in [0, 0.05) is 0 Å². The molecule has 1 atom stereocenters. The molecule has 1 unspecified atom stereocenters. The fraction of sp³-hybridized carbons (Fsp3) is 0.905. The molecular formula is C21H42. The maximum absolute atomic E-state index is 2.45. The largest absolute Gasteiger partial charge is 0.0917 e. The Bertz CT molecular complexity index is 204. The zero-order valence-electron chi connectivity index (χ0n) is 15.3. The van der Waals surface area contributed by atoms with Gasteiger partial charge in [0.25, 0.3) is 0 Å². The quantitative estimate of drug-likeness (QED) is 0.199. The van der Waals surface area contributed by atoms with E-state index in [0.29, 0.717) is 0 Å². The smallest absolute Gasteiger partial charge is 0.0351 e. The van der Waals surface area contributed by atoms with E-state index in [1.165, 1.54) is 96.3 Å². The van der Waals surface area contributed by atoms with E-state index in [4.69, 9.17) is 0 Å². The lowest BCUT2D eigenvalue weighted by atomic mass is 9.96. The van der Waals surface area contributed by atoms with Crippen molar-refractivity contribution in [3.8, 4) is 0 Å². The third kappa shape index (κ3) is 17.7. The van der Waals surface area contributed by atoms with Crippen LogP contribution in [0.25, 0.3) is 0 Å². The van der Waals surface area contributed by atoms with E-state index in [0.717, 1.165) is 5.92 Å². The summed E-state index contributed by atoms with van der Waals surface area (Å²) in [6.07, 6.45) is 26.0. The number of hydrogen-bond donors (Lipinski definition) is 0. The first-order chi connectivity index (χ1) is 10.3. The summed E-state index contributed by atoms with van der Waals surface area (Å²) < 4.78 is 0. The normalized spacial score (nSPS) is 13.1. The van der Waals surface area contributed by atoms with Gasteiger partial charge in [0.05, 0.1) is 0 Å². The van der Waals surface area contributed by atoms with Crippen LogP contribution in [0.4, 0.5) is 0 Å². The molecule has 0 aromatic heterocycles. The Morgan fingerprint density at radius 2 is 1.14 bits per heavy atom. The van der Waals surface area contributed by atoms with Crippen LogP contribution in [0.1, 0.15) is 117 Å². The molecule has 0 aromatic rings. The Morgan fingerprint density at radius 1 is 0.667 bits per heavy atom. The molecular weight excluding hydrogens is 252 g/mol. The van der Waals surface area contributed by atoms with E-state index in [-0.39, 0.29) is 0 Å². The summed E-state index contributed by atoms with van der Waals surface area (Å²) in [7, 11) is 0. The van der Waals surface area contributed by atoms with Gasteiger partial charge in [-0.25, -0.2) is 0 Å². The molecule has 0 bridgehead atoms. The van der Waals surface area contributed by atoms with Crippen LogP contribution in [0.5, 0.6) is 0 Å². The predicted octanol–water partition coefficient (Wildman–Crippen LogP) is 8.07. The third-order valence-electron chi connectivity index (χ3n) is 4.60. The molecule has 0 rings (SSSR count). The first kappa shape index (κ1) is 20.7. The van der Waals surface area contributed by atoms with Crippen molar-refractivity contribution in [3.05, 3.63) is 12.2 Å². The Morgan fingerprint density at radius 3 is 1.67 bits per heavy atom. The van der Waals surface area contributed by atoms with Crippen LogP contribution in [0.2, 0.25) is 0 Å². The fourth-order valence-corrected chi connectivity index (χ4v) is 3.05. The highest BCUT2D eigenvalue weighted by atomic mass is 14.1. The highest BCUT2D eigenvalue weighted by Crippen LogP contribution is 2.18. The molecule has 0 heteroatoms. The van der Waals surface area contributed by atoms with Crippen molar-refractivity contribution in [2.75, 3.05) is 0 Å². The highest BCUT2D eigenvalue weighted by Gasteiger charge is 2.01. The third-order valence-corrected chi connectivity index (χ3v) is 4.60. The van der Waals surface area contributed by atoms with Crippen LogP contribution in [0.15, 0.2) is 12.2 Å². The van der Waals surface area contributed by atoms with Crippen molar-refractivity contribution in [1.82, 2.24) is 0 Å². The molecule has 0 aromatic carbocycles. The second kappa shape index (κ2) is 17.8. The zero-order chi connectivity index (χ0) is 15.6. The summed E-state index contributed by atoms with van der Waals surface area (Å²) in [6.45, 7) is 6.86. The highest BCUT2D eigenvalue weighted by molar-refractivity contribution is 4.76. The van der Waals surface area contributed by atoms with Crippen molar-refractivity contribution in [3.63, 3.8) is 0 Å². The van der Waals surface area contributed by atoms with E-state index >= 15 is 0 Å². The summed E-state index contributed by atoms with van der Waals surface area (Å²) in [5.74, 6) is 0.949. The molecule has 0 spiro atoms. The van der Waals surface area contributed by atoms with Gasteiger partial charge < -0.3 is 0 Å². The van der Waals surface area contributed by atoms with Crippen molar-refractivity contribution >= 4 is 0 Å². The zero-order valence-corrected chi connectivity index (χ0v) is 15.3. The second-order valence-corrected chi connectivity index (χ2v) is 6.93. The van der Waals surface area contributed by atoms with Crippen LogP contribution in [-0.2, 0) is 0 Å². The summed E-state index contributed by atoms with van der Waals surface area (Å²) >= 11 is 0. The van der Waals surface area contributed by atoms with Gasteiger partial charge in [-0.1, -0.05) is 109 Å². The summed E-state index contributed by atoms with van der Waals surface area (Å²) in [5, 5.41) is 0. The Balaban J connectivity index is 3.12. The average molecular weight is 295 g/mol. The maximum atomic E-state index is 2.45. The van der Waals surface area contributed by atoms with Gasteiger partial charge in [0.15, 0.2) is 0 Å². The van der Waals surface area contributed by atoms with Crippen LogP contribution >= 0.6 is 0 Å². The van der Waals surface area contributed by atoms with Gasteiger partial charge in [-0.15, -0.1) is 0 Å². The minimum absolute atomic E-state index is 0.949. The van der Waals surface area contributed by atoms with E-state index in [2.05, 4.69) is 32.9 Å². The van der Waals surface area contributed by atoms with E-state index < -0.39 is 0 Å². The van der Waals surface area contributed by atoms with E-state index in [1.807, 2.05) is 0 Å². The number of allylic oxidation sites excluding steroid dienone is 2. The minimum Gasteiger partial charge on any atom is -0.0917 e. The summed E-state index contributed by atoms with van der Waals surface area (Å²) in [6, 6.07) is 0. The van der Waals surface area contributed by atoms with Crippen molar-refractivity contribution < 1.29 is 0 Å². The lowest BCUT2D eigenvalue weighted by molar-refractivity contribution is 0.437. The maximum Gasteiger partial charge on any atom is -0.0351 e. The molecule has 0 N–H and O–H groups in total. The predicted molar refractivity (Wildman–Crippen MR) is 98.9 cm³/mol. The summed E-state index contributed by atoms with van der Waals surface area (Å²) in [5.41, 5.74) is 0. The molecule has 0 heterocycles. The minimum atomic E-state index is 0.949. The Hall–Kier alpha value is -0.260. The Labute approximate surface area is 135 Å². The fourth-order valence-electron chi connectivity index (χ4n) is 3.05. The molecule has 126 valence electrons. The van der Waals surface area contributed by atoms with Gasteiger partial charge in [0.1, 0.15) is 0 Å². The average Bonchev–Trinajstić information content (AvgIpc) is 2.49. The monoisotopic (exact) mass is 294 g/mol. The Kier molecular flexibility index (Phi) is 17.6. The van der Waals surface area contributed by atoms with Gasteiger partial charge in [-0.3, -0.25) is 0 Å². The molecule has 0 radical (unpaired) electrons. The number of hydrogen-bond acceptors (Lipinski definition) is 0.